The Morgan fingerprint density at radius 1 is 1.38 bits per heavy atom. The van der Waals surface area contributed by atoms with Gasteiger partial charge in [0.2, 0.25) is 0 Å². The van der Waals surface area contributed by atoms with Crippen molar-refractivity contribution in [2.75, 3.05) is 0 Å². The Labute approximate surface area is 154 Å². The highest BCUT2D eigenvalue weighted by molar-refractivity contribution is 5.91. The van der Waals surface area contributed by atoms with Crippen molar-refractivity contribution >= 4 is 17.7 Å². The van der Waals surface area contributed by atoms with Gasteiger partial charge in [0.25, 0.3) is 0 Å². The van der Waals surface area contributed by atoms with Gasteiger partial charge in [0, 0.05) is 24.3 Å². The summed E-state index contributed by atoms with van der Waals surface area (Å²) < 4.78 is 17.5. The van der Waals surface area contributed by atoms with Crippen LogP contribution in [0.25, 0.3) is 0 Å². The van der Waals surface area contributed by atoms with Gasteiger partial charge in [0.1, 0.15) is 17.5 Å². The first-order chi connectivity index (χ1) is 12.2. The van der Waals surface area contributed by atoms with Gasteiger partial charge >= 0.3 is 11.9 Å². The number of esters is 2. The largest absolute Gasteiger partial charge is 0.457 e. The summed E-state index contributed by atoms with van der Waals surface area (Å²) in [5, 5.41) is 0. The Morgan fingerprint density at radius 2 is 2.12 bits per heavy atom. The Balaban J connectivity index is 1.77. The Kier molecular flexibility index (Phi) is 5.24. The molecular weight excluding hydrogens is 336 g/mol. The quantitative estimate of drug-likeness (QED) is 0.533. The Hall–Kier alpha value is -1.69. The van der Waals surface area contributed by atoms with E-state index in [2.05, 4.69) is 13.5 Å². The van der Waals surface area contributed by atoms with E-state index in [9.17, 15) is 14.4 Å². The average Bonchev–Trinajstić information content (AvgIpc) is 3.07. The van der Waals surface area contributed by atoms with Crippen LogP contribution in [0, 0.1) is 11.8 Å². The summed E-state index contributed by atoms with van der Waals surface area (Å²) in [5.41, 5.74) is -0.192. The molecule has 0 aromatic carbocycles. The molecule has 3 aliphatic heterocycles. The van der Waals surface area contributed by atoms with E-state index in [0.29, 0.717) is 31.3 Å². The summed E-state index contributed by atoms with van der Waals surface area (Å²) in [7, 11) is 0. The van der Waals surface area contributed by atoms with Gasteiger partial charge in [-0.3, -0.25) is 4.79 Å². The smallest absolute Gasteiger partial charge is 0.334 e. The molecule has 0 spiro atoms. The van der Waals surface area contributed by atoms with Crippen LogP contribution in [-0.2, 0) is 28.6 Å². The van der Waals surface area contributed by atoms with E-state index in [0.717, 1.165) is 12.8 Å². The third-order valence-corrected chi connectivity index (χ3v) is 6.07. The third kappa shape index (κ3) is 3.56. The van der Waals surface area contributed by atoms with Crippen LogP contribution in [0.1, 0.15) is 59.3 Å². The summed E-state index contributed by atoms with van der Waals surface area (Å²) in [4.78, 5) is 34.9. The molecule has 6 heteroatoms. The number of carbonyl (C=O) groups is 3. The number of fused-ring (bicyclic) bond motifs is 1. The third-order valence-electron chi connectivity index (χ3n) is 6.07. The zero-order valence-electron chi connectivity index (χ0n) is 15.8. The standard InChI is InChI=1S/C20H28O6/c1-11(6-5-7-12(2)21)17-18-14(13(3)19(23)25-18)10-15(24-17)20(4)9-8-16(22)26-20/h11,14-15,17-18H,3,5-10H2,1-2,4H3/t11-,14+,15+,17+,18-,20-/m1/s1. The molecule has 26 heavy (non-hydrogen) atoms. The molecule has 6 atom stereocenters. The molecule has 3 fully saturated rings. The van der Waals surface area contributed by atoms with E-state index in [4.69, 9.17) is 14.2 Å². The van der Waals surface area contributed by atoms with Crippen molar-refractivity contribution in [3.05, 3.63) is 12.2 Å². The van der Waals surface area contributed by atoms with E-state index in [1.807, 2.05) is 6.92 Å². The number of carbonyl (C=O) groups excluding carboxylic acids is 3. The van der Waals surface area contributed by atoms with Gasteiger partial charge in [-0.1, -0.05) is 13.5 Å². The summed E-state index contributed by atoms with van der Waals surface area (Å²) in [6.07, 6.45) is 2.76. The minimum absolute atomic E-state index is 0.113. The van der Waals surface area contributed by atoms with Crippen molar-refractivity contribution in [1.82, 2.24) is 0 Å². The van der Waals surface area contributed by atoms with Crippen LogP contribution < -0.4 is 0 Å². The van der Waals surface area contributed by atoms with Gasteiger partial charge < -0.3 is 19.0 Å². The van der Waals surface area contributed by atoms with Gasteiger partial charge in [0.05, 0.1) is 12.2 Å². The maximum absolute atomic E-state index is 12.1. The number of cyclic esters (lactones) is 1. The molecule has 0 N–H and O–H groups in total. The molecule has 0 amide bonds. The first-order valence-corrected chi connectivity index (χ1v) is 9.48. The van der Waals surface area contributed by atoms with Crippen molar-refractivity contribution in [3.63, 3.8) is 0 Å². The van der Waals surface area contributed by atoms with E-state index < -0.39 is 5.60 Å². The van der Waals surface area contributed by atoms with E-state index >= 15 is 0 Å². The molecule has 3 heterocycles. The number of ketones is 1. The van der Waals surface area contributed by atoms with Crippen molar-refractivity contribution in [3.8, 4) is 0 Å². The topological polar surface area (TPSA) is 78.9 Å². The van der Waals surface area contributed by atoms with Gasteiger partial charge in [-0.2, -0.15) is 0 Å². The van der Waals surface area contributed by atoms with Gasteiger partial charge in [0.15, 0.2) is 0 Å². The molecule has 3 saturated heterocycles. The van der Waals surface area contributed by atoms with Gasteiger partial charge in [-0.05, 0) is 45.4 Å². The van der Waals surface area contributed by atoms with E-state index in [-0.39, 0.29) is 47.9 Å². The zero-order valence-corrected chi connectivity index (χ0v) is 15.8. The van der Waals surface area contributed by atoms with Crippen LogP contribution in [0.15, 0.2) is 12.2 Å². The molecule has 3 rings (SSSR count). The number of hydrogen-bond donors (Lipinski definition) is 0. The maximum Gasteiger partial charge on any atom is 0.334 e. The Bertz CT molecular complexity index is 626. The van der Waals surface area contributed by atoms with Crippen LogP contribution in [0.4, 0.5) is 0 Å². The number of Topliss-reactive ketones (excluding diaryl/α,β-unsaturated/α-hetero) is 1. The fourth-order valence-corrected chi connectivity index (χ4v) is 4.38. The molecule has 0 aliphatic carbocycles. The minimum atomic E-state index is -0.675. The number of rotatable bonds is 6. The van der Waals surface area contributed by atoms with Crippen molar-refractivity contribution in [1.29, 1.82) is 0 Å². The molecular formula is C20H28O6. The summed E-state index contributed by atoms with van der Waals surface area (Å²) in [6, 6.07) is 0. The second-order valence-electron chi connectivity index (χ2n) is 8.18. The van der Waals surface area contributed by atoms with Crippen molar-refractivity contribution < 1.29 is 28.6 Å². The first-order valence-electron chi connectivity index (χ1n) is 9.48. The van der Waals surface area contributed by atoms with Gasteiger partial charge in [-0.15, -0.1) is 0 Å². The first kappa shape index (κ1) is 19.1. The molecule has 3 aliphatic rings. The highest BCUT2D eigenvalue weighted by atomic mass is 16.6. The predicted octanol–water partition coefficient (Wildman–Crippen LogP) is 2.73. The number of ether oxygens (including phenoxy) is 3. The van der Waals surface area contributed by atoms with Crippen molar-refractivity contribution in [2.45, 2.75) is 83.2 Å². The minimum Gasteiger partial charge on any atom is -0.457 e. The Morgan fingerprint density at radius 3 is 2.73 bits per heavy atom. The predicted molar refractivity (Wildman–Crippen MR) is 93.2 cm³/mol. The summed E-state index contributed by atoms with van der Waals surface area (Å²) in [5.74, 6) is -0.397. The maximum atomic E-state index is 12.1. The monoisotopic (exact) mass is 364 g/mol. The molecule has 6 nitrogen and oxygen atoms in total. The average molecular weight is 364 g/mol. The highest BCUT2D eigenvalue weighted by Gasteiger charge is 2.55. The lowest BCUT2D eigenvalue weighted by Gasteiger charge is -2.44. The molecule has 0 unspecified atom stereocenters. The molecule has 0 aromatic heterocycles. The lowest BCUT2D eigenvalue weighted by Crippen LogP contribution is -2.54. The highest BCUT2D eigenvalue weighted by Crippen LogP contribution is 2.46. The normalized spacial score (nSPS) is 37.9. The van der Waals surface area contributed by atoms with Crippen LogP contribution in [-0.4, -0.2) is 41.6 Å². The molecule has 0 saturated carbocycles. The van der Waals surface area contributed by atoms with Crippen LogP contribution in [0.3, 0.4) is 0 Å². The van der Waals surface area contributed by atoms with E-state index in [1.54, 1.807) is 6.92 Å². The molecule has 0 bridgehead atoms. The summed E-state index contributed by atoms with van der Waals surface area (Å²) >= 11 is 0. The molecule has 0 radical (unpaired) electrons. The lowest BCUT2D eigenvalue weighted by atomic mass is 9.77. The van der Waals surface area contributed by atoms with Crippen LogP contribution in [0.5, 0.6) is 0 Å². The molecule has 0 aromatic rings. The fraction of sp³-hybridized carbons (Fsp3) is 0.750. The summed E-state index contributed by atoms with van der Waals surface area (Å²) in [6.45, 7) is 9.47. The SMILES string of the molecule is C=C1C(=O)O[C@H]2[C@H]([C@H](C)CCCC(C)=O)O[C@H]([C@@]3(C)CCC(=O)O3)C[C@@H]12. The van der Waals surface area contributed by atoms with E-state index in [1.165, 1.54) is 0 Å². The fourth-order valence-electron chi connectivity index (χ4n) is 4.38. The zero-order chi connectivity index (χ0) is 19.1. The second-order valence-corrected chi connectivity index (χ2v) is 8.18. The lowest BCUT2D eigenvalue weighted by molar-refractivity contribution is -0.210. The van der Waals surface area contributed by atoms with Crippen molar-refractivity contribution in [2.24, 2.45) is 11.8 Å². The van der Waals surface area contributed by atoms with Gasteiger partial charge in [-0.25, -0.2) is 4.79 Å². The van der Waals surface area contributed by atoms with Crippen LogP contribution in [0.2, 0.25) is 0 Å². The van der Waals surface area contributed by atoms with Crippen LogP contribution >= 0.6 is 0 Å². The molecule has 144 valence electrons. The number of hydrogen-bond acceptors (Lipinski definition) is 6. The second kappa shape index (κ2) is 7.14.